The number of hydrogen-bond donors (Lipinski definition) is 1. The Morgan fingerprint density at radius 1 is 1.10 bits per heavy atom. The normalized spacial score (nSPS) is 11.9. The van der Waals surface area contributed by atoms with Gasteiger partial charge >= 0.3 is 0 Å². The number of halogens is 1. The van der Waals surface area contributed by atoms with E-state index in [-0.39, 0.29) is 10.8 Å². The van der Waals surface area contributed by atoms with Crippen LogP contribution in [0.15, 0.2) is 47.4 Å². The second-order valence-corrected chi connectivity index (χ2v) is 9.92. The summed E-state index contributed by atoms with van der Waals surface area (Å²) in [5.41, 5.74) is 1.11. The summed E-state index contributed by atoms with van der Waals surface area (Å²) in [5.74, 6) is -0.349. The summed E-state index contributed by atoms with van der Waals surface area (Å²) in [6.07, 6.45) is 1.49. The zero-order valence-corrected chi connectivity index (χ0v) is 18.6. The molecule has 0 aliphatic rings. The summed E-state index contributed by atoms with van der Waals surface area (Å²) < 4.78 is 28.0. The van der Waals surface area contributed by atoms with Crippen molar-refractivity contribution in [2.24, 2.45) is 0 Å². The van der Waals surface area contributed by atoms with E-state index in [1.54, 1.807) is 18.2 Å². The van der Waals surface area contributed by atoms with E-state index in [0.29, 0.717) is 28.8 Å². The fourth-order valence-corrected chi connectivity index (χ4v) is 5.66. The first-order valence-electron chi connectivity index (χ1n) is 9.32. The number of fused-ring (bicyclic) bond motifs is 1. The SMILES string of the molecule is CCCN(CCC)S(=O)(=O)c1ccc(C(=O)Nc2nc3ccc(Cl)cc3s2)cc1. The third kappa shape index (κ3) is 4.95. The lowest BCUT2D eigenvalue weighted by Gasteiger charge is -2.21. The van der Waals surface area contributed by atoms with E-state index in [9.17, 15) is 13.2 Å². The zero-order chi connectivity index (χ0) is 21.0. The van der Waals surface area contributed by atoms with Crippen LogP contribution in [0, 0.1) is 0 Å². The number of carbonyl (C=O) groups is 1. The van der Waals surface area contributed by atoms with Crippen molar-refractivity contribution in [1.29, 1.82) is 0 Å². The number of aromatic nitrogens is 1. The van der Waals surface area contributed by atoms with Gasteiger partial charge < -0.3 is 0 Å². The van der Waals surface area contributed by atoms with Gasteiger partial charge in [0, 0.05) is 23.7 Å². The molecule has 9 heteroatoms. The van der Waals surface area contributed by atoms with Crippen LogP contribution in [-0.4, -0.2) is 36.7 Å². The van der Waals surface area contributed by atoms with Crippen molar-refractivity contribution in [2.45, 2.75) is 31.6 Å². The Morgan fingerprint density at radius 2 is 1.76 bits per heavy atom. The van der Waals surface area contributed by atoms with E-state index < -0.39 is 10.0 Å². The van der Waals surface area contributed by atoms with Gasteiger partial charge in [-0.2, -0.15) is 4.31 Å². The molecule has 0 unspecified atom stereocenters. The third-order valence-electron chi connectivity index (χ3n) is 4.27. The van der Waals surface area contributed by atoms with Crippen molar-refractivity contribution in [1.82, 2.24) is 9.29 Å². The molecule has 29 heavy (non-hydrogen) atoms. The van der Waals surface area contributed by atoms with Crippen molar-refractivity contribution in [2.75, 3.05) is 18.4 Å². The summed E-state index contributed by atoms with van der Waals surface area (Å²) in [5, 5.41) is 3.82. The van der Waals surface area contributed by atoms with E-state index >= 15 is 0 Å². The van der Waals surface area contributed by atoms with Crippen LogP contribution in [0.5, 0.6) is 0 Å². The van der Waals surface area contributed by atoms with Crippen molar-refractivity contribution in [3.63, 3.8) is 0 Å². The molecule has 0 aliphatic carbocycles. The van der Waals surface area contributed by atoms with Crippen LogP contribution in [-0.2, 0) is 10.0 Å². The zero-order valence-electron chi connectivity index (χ0n) is 16.2. The molecule has 3 rings (SSSR count). The molecule has 0 fully saturated rings. The van der Waals surface area contributed by atoms with Crippen LogP contribution in [0.25, 0.3) is 10.2 Å². The Labute approximate surface area is 179 Å². The van der Waals surface area contributed by atoms with Crippen molar-refractivity contribution >= 4 is 54.2 Å². The van der Waals surface area contributed by atoms with Gasteiger partial charge in [0.05, 0.1) is 15.1 Å². The van der Waals surface area contributed by atoms with Gasteiger partial charge in [-0.3, -0.25) is 10.1 Å². The Kier molecular flexibility index (Phi) is 6.89. The maximum absolute atomic E-state index is 12.8. The van der Waals surface area contributed by atoms with Gasteiger partial charge in [0.2, 0.25) is 10.0 Å². The van der Waals surface area contributed by atoms with E-state index in [0.717, 1.165) is 23.1 Å². The Morgan fingerprint density at radius 3 is 2.38 bits per heavy atom. The third-order valence-corrected chi connectivity index (χ3v) is 7.35. The highest BCUT2D eigenvalue weighted by molar-refractivity contribution is 7.89. The lowest BCUT2D eigenvalue weighted by Crippen LogP contribution is -2.32. The highest BCUT2D eigenvalue weighted by Gasteiger charge is 2.23. The number of carbonyl (C=O) groups excluding carboxylic acids is 1. The minimum absolute atomic E-state index is 0.186. The number of thiazole rings is 1. The molecule has 1 heterocycles. The smallest absolute Gasteiger partial charge is 0.257 e. The Balaban J connectivity index is 1.77. The van der Waals surface area contributed by atoms with Crippen LogP contribution >= 0.6 is 22.9 Å². The largest absolute Gasteiger partial charge is 0.298 e. The first kappa shape index (κ1) is 21.7. The summed E-state index contributed by atoms with van der Waals surface area (Å²) >= 11 is 7.31. The molecule has 154 valence electrons. The Bertz CT molecular complexity index is 1110. The molecule has 0 saturated heterocycles. The number of nitrogens with zero attached hydrogens (tertiary/aromatic N) is 2. The maximum Gasteiger partial charge on any atom is 0.257 e. The first-order chi connectivity index (χ1) is 13.8. The highest BCUT2D eigenvalue weighted by Crippen LogP contribution is 2.28. The number of rotatable bonds is 8. The van der Waals surface area contributed by atoms with Crippen molar-refractivity contribution < 1.29 is 13.2 Å². The van der Waals surface area contributed by atoms with Crippen molar-refractivity contribution in [3.8, 4) is 0 Å². The topological polar surface area (TPSA) is 79.4 Å². The maximum atomic E-state index is 12.8. The lowest BCUT2D eigenvalue weighted by molar-refractivity contribution is 0.102. The van der Waals surface area contributed by atoms with E-state index in [1.165, 1.54) is 39.9 Å². The highest BCUT2D eigenvalue weighted by atomic mass is 35.5. The molecule has 3 aromatic rings. The van der Waals surface area contributed by atoms with Gasteiger partial charge in [-0.15, -0.1) is 0 Å². The minimum atomic E-state index is -3.57. The average molecular weight is 452 g/mol. The summed E-state index contributed by atoms with van der Waals surface area (Å²) in [6, 6.07) is 11.3. The number of benzene rings is 2. The number of amides is 1. The van der Waals surface area contributed by atoms with Gasteiger partial charge in [-0.1, -0.05) is 36.8 Å². The van der Waals surface area contributed by atoms with E-state index in [4.69, 9.17) is 11.6 Å². The molecule has 0 radical (unpaired) electrons. The van der Waals surface area contributed by atoms with Gasteiger partial charge in [0.1, 0.15) is 0 Å². The average Bonchev–Trinajstić information content (AvgIpc) is 3.09. The molecule has 0 atom stereocenters. The second-order valence-electron chi connectivity index (χ2n) is 6.51. The molecule has 1 amide bonds. The monoisotopic (exact) mass is 451 g/mol. The molecular weight excluding hydrogens is 430 g/mol. The fraction of sp³-hybridized carbons (Fsp3) is 0.300. The first-order valence-corrected chi connectivity index (χ1v) is 12.0. The molecule has 2 aromatic carbocycles. The second kappa shape index (κ2) is 9.21. The quantitative estimate of drug-likeness (QED) is 0.521. The summed E-state index contributed by atoms with van der Waals surface area (Å²) in [7, 11) is -3.57. The predicted octanol–water partition coefficient (Wildman–Crippen LogP) is 5.01. The van der Waals surface area contributed by atoms with Crippen molar-refractivity contribution in [3.05, 3.63) is 53.1 Å². The van der Waals surface area contributed by atoms with Crippen LogP contribution in [0.3, 0.4) is 0 Å². The molecule has 0 saturated carbocycles. The molecule has 0 bridgehead atoms. The standard InChI is InChI=1S/C20H22ClN3O3S2/c1-3-11-24(12-4-2)29(26,27)16-8-5-14(6-9-16)19(25)23-20-22-17-10-7-15(21)13-18(17)28-20/h5-10,13H,3-4,11-12H2,1-2H3,(H,22,23,25). The van der Waals surface area contributed by atoms with Gasteiger partial charge in [0.15, 0.2) is 5.13 Å². The minimum Gasteiger partial charge on any atom is -0.298 e. The molecule has 1 aromatic heterocycles. The molecule has 0 spiro atoms. The van der Waals surface area contributed by atoms with Gasteiger partial charge in [0.25, 0.3) is 5.91 Å². The van der Waals surface area contributed by atoms with Gasteiger partial charge in [-0.25, -0.2) is 13.4 Å². The summed E-state index contributed by atoms with van der Waals surface area (Å²) in [4.78, 5) is 17.1. The van der Waals surface area contributed by atoms with Crippen LogP contribution in [0.4, 0.5) is 5.13 Å². The van der Waals surface area contributed by atoms with Crippen LogP contribution < -0.4 is 5.32 Å². The van der Waals surface area contributed by atoms with Crippen LogP contribution in [0.2, 0.25) is 5.02 Å². The van der Waals surface area contributed by atoms with Gasteiger partial charge in [-0.05, 0) is 55.3 Å². The molecule has 1 N–H and O–H groups in total. The van der Waals surface area contributed by atoms with E-state index in [2.05, 4.69) is 10.3 Å². The predicted molar refractivity (Wildman–Crippen MR) is 118 cm³/mol. The van der Waals surface area contributed by atoms with Crippen LogP contribution in [0.1, 0.15) is 37.0 Å². The fourth-order valence-electron chi connectivity index (χ4n) is 2.90. The van der Waals surface area contributed by atoms with E-state index in [1.807, 2.05) is 13.8 Å². The number of sulfonamides is 1. The summed E-state index contributed by atoms with van der Waals surface area (Å²) in [6.45, 7) is 4.84. The number of nitrogens with one attached hydrogen (secondary N) is 1. The molecule has 0 aliphatic heterocycles. The molecular formula is C20H22ClN3O3S2. The Hall–Kier alpha value is -2.00. The lowest BCUT2D eigenvalue weighted by atomic mass is 10.2. The number of anilines is 1. The number of hydrogen-bond acceptors (Lipinski definition) is 5. The molecule has 6 nitrogen and oxygen atoms in total.